The first kappa shape index (κ1) is 25.0. The van der Waals surface area contributed by atoms with E-state index >= 15 is 0 Å². The predicted octanol–water partition coefficient (Wildman–Crippen LogP) is 3.99. The topological polar surface area (TPSA) is 129 Å². The van der Waals surface area contributed by atoms with Crippen molar-refractivity contribution in [3.63, 3.8) is 0 Å². The van der Waals surface area contributed by atoms with Crippen LogP contribution < -0.4 is 15.5 Å². The van der Waals surface area contributed by atoms with E-state index in [2.05, 4.69) is 30.5 Å². The maximum Gasteiger partial charge on any atom is 0.240 e. The second-order valence-electron chi connectivity index (χ2n) is 7.77. The van der Waals surface area contributed by atoms with Crippen molar-refractivity contribution in [2.24, 2.45) is 5.10 Å². The number of anilines is 3. The molecule has 0 aliphatic rings. The van der Waals surface area contributed by atoms with Gasteiger partial charge in [-0.1, -0.05) is 60.7 Å². The highest BCUT2D eigenvalue weighted by molar-refractivity contribution is 7.89. The van der Waals surface area contributed by atoms with E-state index < -0.39 is 10.0 Å². The van der Waals surface area contributed by atoms with Crippen LogP contribution in [0.25, 0.3) is 11.1 Å². The Hall–Kier alpha value is -4.12. The predicted molar refractivity (Wildman–Crippen MR) is 142 cm³/mol. The van der Waals surface area contributed by atoms with Gasteiger partial charge in [0, 0.05) is 24.0 Å². The summed E-state index contributed by atoms with van der Waals surface area (Å²) in [5.41, 5.74) is 7.00. The Kier molecular flexibility index (Phi) is 8.01. The van der Waals surface area contributed by atoms with Gasteiger partial charge in [-0.25, -0.2) is 18.1 Å². The fraction of sp³-hybridized carbons (Fsp3) is 0.115. The van der Waals surface area contributed by atoms with Crippen LogP contribution in [0.15, 0.2) is 101 Å². The third-order valence-electron chi connectivity index (χ3n) is 5.22. The first-order valence-electron chi connectivity index (χ1n) is 11.2. The first-order valence-corrected chi connectivity index (χ1v) is 12.7. The molecular formula is C26H26N6O3S. The highest BCUT2D eigenvalue weighted by Gasteiger charge is 2.14. The Bertz CT molecular complexity index is 1430. The number of nitrogens with zero attached hydrogens (tertiary/aromatic N) is 3. The number of hydrogen-bond donors (Lipinski definition) is 4. The smallest absolute Gasteiger partial charge is 0.240 e. The number of hydrogen-bond acceptors (Lipinski definition) is 8. The van der Waals surface area contributed by atoms with E-state index in [0.29, 0.717) is 17.5 Å². The van der Waals surface area contributed by atoms with Crippen molar-refractivity contribution >= 4 is 33.2 Å². The number of benzene rings is 3. The van der Waals surface area contributed by atoms with E-state index in [-0.39, 0.29) is 18.0 Å². The van der Waals surface area contributed by atoms with Gasteiger partial charge < -0.3 is 10.4 Å². The Balaban J connectivity index is 1.59. The molecule has 0 radical (unpaired) electrons. The summed E-state index contributed by atoms with van der Waals surface area (Å²) in [5, 5.41) is 16.5. The molecule has 0 aliphatic carbocycles. The molecule has 0 aliphatic heterocycles. The van der Waals surface area contributed by atoms with Crippen LogP contribution >= 0.6 is 0 Å². The maximum absolute atomic E-state index is 12.2. The highest BCUT2D eigenvalue weighted by Crippen LogP contribution is 2.27. The summed E-state index contributed by atoms with van der Waals surface area (Å²) in [6.07, 6.45) is 1.74. The lowest BCUT2D eigenvalue weighted by Crippen LogP contribution is -2.26. The number of aromatic nitrogens is 2. The maximum atomic E-state index is 12.2. The van der Waals surface area contributed by atoms with Crippen LogP contribution in [-0.2, 0) is 10.0 Å². The number of nitrogens with one attached hydrogen (secondary N) is 3. The summed E-state index contributed by atoms with van der Waals surface area (Å²) < 4.78 is 26.8. The van der Waals surface area contributed by atoms with E-state index in [4.69, 9.17) is 5.11 Å². The van der Waals surface area contributed by atoms with Gasteiger partial charge in [-0.15, -0.1) is 0 Å². The zero-order valence-electron chi connectivity index (χ0n) is 19.6. The van der Waals surface area contributed by atoms with E-state index in [1.54, 1.807) is 18.3 Å². The lowest BCUT2D eigenvalue weighted by molar-refractivity contribution is 0.301. The molecule has 4 aromatic rings. The molecule has 0 fully saturated rings. The molecule has 0 unspecified atom stereocenters. The molecule has 1 heterocycles. The van der Waals surface area contributed by atoms with Gasteiger partial charge in [0.05, 0.1) is 17.2 Å². The van der Waals surface area contributed by atoms with Crippen LogP contribution in [0.3, 0.4) is 0 Å². The van der Waals surface area contributed by atoms with Crippen molar-refractivity contribution in [1.82, 2.24) is 14.7 Å². The van der Waals surface area contributed by atoms with Gasteiger partial charge in [0.15, 0.2) is 5.82 Å². The van der Waals surface area contributed by atoms with Gasteiger partial charge in [0.2, 0.25) is 16.0 Å². The van der Waals surface area contributed by atoms with Crippen LogP contribution in [0.1, 0.15) is 12.5 Å². The van der Waals surface area contributed by atoms with E-state index in [1.807, 2.05) is 67.6 Å². The molecule has 0 amide bonds. The minimum Gasteiger partial charge on any atom is -0.395 e. The second kappa shape index (κ2) is 11.5. The standard InChI is InChI=1S/C26H26N6O3S/c1-19(20-12-14-23(15-13-20)36(34,35)28-16-17-33)31-32-25-24(21-8-4-2-5-9-21)18-27-26(30-25)29-22-10-6-3-7-11-22/h2-15,18,28,33H,16-17H2,1H3,(H2,27,29,30,32). The molecule has 9 nitrogen and oxygen atoms in total. The minimum absolute atomic E-state index is 0.0434. The Labute approximate surface area is 210 Å². The molecule has 10 heteroatoms. The van der Waals surface area contributed by atoms with Gasteiger partial charge >= 0.3 is 0 Å². The fourth-order valence-electron chi connectivity index (χ4n) is 3.35. The van der Waals surface area contributed by atoms with Gasteiger partial charge in [0.25, 0.3) is 0 Å². The van der Waals surface area contributed by atoms with Crippen molar-refractivity contribution in [2.75, 3.05) is 23.9 Å². The average molecular weight is 503 g/mol. The summed E-state index contributed by atoms with van der Waals surface area (Å²) in [4.78, 5) is 9.21. The van der Waals surface area contributed by atoms with E-state index in [1.165, 1.54) is 12.1 Å². The molecule has 1 aromatic heterocycles. The number of aliphatic hydroxyl groups excluding tert-OH is 1. The number of hydrazone groups is 1. The quantitative estimate of drug-likeness (QED) is 0.191. The summed E-state index contributed by atoms with van der Waals surface area (Å²) in [6.45, 7) is 1.50. The molecule has 184 valence electrons. The van der Waals surface area contributed by atoms with Crippen LogP contribution in [0, 0.1) is 0 Å². The average Bonchev–Trinajstić information content (AvgIpc) is 2.92. The fourth-order valence-corrected chi connectivity index (χ4v) is 4.37. The van der Waals surface area contributed by atoms with Crippen molar-refractivity contribution < 1.29 is 13.5 Å². The van der Waals surface area contributed by atoms with Crippen molar-refractivity contribution in [2.45, 2.75) is 11.8 Å². The van der Waals surface area contributed by atoms with E-state index in [0.717, 1.165) is 22.4 Å². The second-order valence-corrected chi connectivity index (χ2v) is 9.53. The lowest BCUT2D eigenvalue weighted by atomic mass is 10.1. The lowest BCUT2D eigenvalue weighted by Gasteiger charge is -2.12. The molecule has 4 rings (SSSR count). The van der Waals surface area contributed by atoms with Gasteiger partial charge in [-0.2, -0.15) is 10.1 Å². The largest absolute Gasteiger partial charge is 0.395 e. The normalized spacial score (nSPS) is 11.8. The van der Waals surface area contributed by atoms with Crippen molar-refractivity contribution in [3.05, 3.63) is 96.7 Å². The van der Waals surface area contributed by atoms with Crippen LogP contribution in [-0.4, -0.2) is 42.4 Å². The molecule has 0 bridgehead atoms. The molecular weight excluding hydrogens is 476 g/mol. The van der Waals surface area contributed by atoms with Crippen LogP contribution in [0.4, 0.5) is 17.5 Å². The molecule has 4 N–H and O–H groups in total. The number of rotatable bonds is 10. The summed E-state index contributed by atoms with van der Waals surface area (Å²) in [6, 6.07) is 25.7. The number of para-hydroxylation sites is 1. The van der Waals surface area contributed by atoms with Gasteiger partial charge in [-0.3, -0.25) is 5.43 Å². The number of aliphatic hydroxyl groups is 1. The molecule has 0 saturated heterocycles. The SMILES string of the molecule is CC(=NNc1nc(Nc2ccccc2)ncc1-c1ccccc1)c1ccc(S(=O)(=O)NCCO)cc1. The third kappa shape index (κ3) is 6.30. The zero-order chi connectivity index (χ0) is 25.4. The molecule has 0 atom stereocenters. The van der Waals surface area contributed by atoms with Crippen LogP contribution in [0.5, 0.6) is 0 Å². The third-order valence-corrected chi connectivity index (χ3v) is 6.70. The molecule has 0 spiro atoms. The molecule has 36 heavy (non-hydrogen) atoms. The van der Waals surface area contributed by atoms with Crippen molar-refractivity contribution in [3.8, 4) is 11.1 Å². The molecule has 3 aromatic carbocycles. The first-order chi connectivity index (χ1) is 17.5. The van der Waals surface area contributed by atoms with Gasteiger partial charge in [-0.05, 0) is 42.3 Å². The van der Waals surface area contributed by atoms with Crippen LogP contribution in [0.2, 0.25) is 0 Å². The summed E-state index contributed by atoms with van der Waals surface area (Å²) in [5.74, 6) is 0.933. The monoisotopic (exact) mass is 502 g/mol. The number of sulfonamides is 1. The minimum atomic E-state index is -3.68. The zero-order valence-corrected chi connectivity index (χ0v) is 20.4. The Morgan fingerprint density at radius 3 is 2.28 bits per heavy atom. The summed E-state index contributed by atoms with van der Waals surface area (Å²) >= 11 is 0. The Morgan fingerprint density at radius 1 is 0.944 bits per heavy atom. The Morgan fingerprint density at radius 2 is 1.61 bits per heavy atom. The van der Waals surface area contributed by atoms with E-state index in [9.17, 15) is 8.42 Å². The summed E-state index contributed by atoms with van der Waals surface area (Å²) in [7, 11) is -3.68. The van der Waals surface area contributed by atoms with Crippen molar-refractivity contribution in [1.29, 1.82) is 0 Å². The highest BCUT2D eigenvalue weighted by atomic mass is 32.2. The molecule has 0 saturated carbocycles. The van der Waals surface area contributed by atoms with Gasteiger partial charge in [0.1, 0.15) is 0 Å².